The standard InChI is InChI=1S/C42H24F3NO2/c43-27-23-34(44)39(35(45)24-27)26-15-19-30(20-16-26)46(28-7-2-1-3-8-28)29-17-13-25(14-18-29)31-10-6-12-37-40(31)41-38(47-37)22-21-33-32-9-4-5-11-36(32)48-42(33)41/h1-24H. The third kappa shape index (κ3) is 4.45. The minimum atomic E-state index is -0.955. The molecule has 0 bridgehead atoms. The molecule has 2 heterocycles. The van der Waals surface area contributed by atoms with Crippen molar-refractivity contribution in [3.63, 3.8) is 0 Å². The van der Waals surface area contributed by atoms with Crippen molar-refractivity contribution in [1.82, 2.24) is 0 Å². The van der Waals surface area contributed by atoms with Crippen LogP contribution >= 0.6 is 0 Å². The summed E-state index contributed by atoms with van der Waals surface area (Å²) >= 11 is 0. The zero-order valence-electron chi connectivity index (χ0n) is 25.3. The Balaban J connectivity index is 1.15. The molecule has 7 aromatic carbocycles. The van der Waals surface area contributed by atoms with Crippen LogP contribution in [0.15, 0.2) is 154 Å². The van der Waals surface area contributed by atoms with Gasteiger partial charge in [0, 0.05) is 45.4 Å². The first-order valence-electron chi connectivity index (χ1n) is 15.5. The summed E-state index contributed by atoms with van der Waals surface area (Å²) in [6.07, 6.45) is 0. The van der Waals surface area contributed by atoms with Gasteiger partial charge < -0.3 is 13.7 Å². The highest BCUT2D eigenvalue weighted by molar-refractivity contribution is 6.24. The topological polar surface area (TPSA) is 29.5 Å². The first kappa shape index (κ1) is 28.0. The maximum Gasteiger partial charge on any atom is 0.147 e. The fraction of sp³-hybridized carbons (Fsp3) is 0. The number of hydrogen-bond donors (Lipinski definition) is 0. The molecule has 48 heavy (non-hydrogen) atoms. The van der Waals surface area contributed by atoms with Crippen LogP contribution in [0, 0.1) is 17.5 Å². The third-order valence-corrected chi connectivity index (χ3v) is 8.88. The summed E-state index contributed by atoms with van der Waals surface area (Å²) in [5, 5.41) is 4.03. The number of nitrogens with zero attached hydrogens (tertiary/aromatic N) is 1. The molecule has 9 rings (SSSR count). The van der Waals surface area contributed by atoms with Gasteiger partial charge in [-0.15, -0.1) is 0 Å². The summed E-state index contributed by atoms with van der Waals surface area (Å²) in [6.45, 7) is 0. The molecule has 0 saturated carbocycles. The van der Waals surface area contributed by atoms with Crippen LogP contribution in [0.4, 0.5) is 30.2 Å². The molecule has 0 aliphatic rings. The van der Waals surface area contributed by atoms with Crippen molar-refractivity contribution in [3.8, 4) is 22.3 Å². The summed E-state index contributed by atoms with van der Waals surface area (Å²) in [7, 11) is 0. The van der Waals surface area contributed by atoms with Crippen LogP contribution in [0.1, 0.15) is 0 Å². The number of halogens is 3. The molecule has 0 radical (unpaired) electrons. The Morgan fingerprint density at radius 3 is 1.77 bits per heavy atom. The lowest BCUT2D eigenvalue weighted by atomic mass is 9.98. The number of benzene rings is 7. The van der Waals surface area contributed by atoms with Gasteiger partial charge in [0.15, 0.2) is 0 Å². The molecule has 2 aromatic heterocycles. The number of fused-ring (bicyclic) bond motifs is 7. The number of hydrogen-bond acceptors (Lipinski definition) is 3. The van der Waals surface area contributed by atoms with Gasteiger partial charge in [-0.2, -0.15) is 0 Å². The Labute approximate surface area is 272 Å². The molecule has 0 aliphatic carbocycles. The Kier molecular flexibility index (Phi) is 6.37. The molecule has 0 aliphatic heterocycles. The molecule has 0 N–H and O–H groups in total. The highest BCUT2D eigenvalue weighted by Gasteiger charge is 2.20. The highest BCUT2D eigenvalue weighted by Crippen LogP contribution is 2.44. The first-order chi connectivity index (χ1) is 23.5. The van der Waals surface area contributed by atoms with Gasteiger partial charge >= 0.3 is 0 Å². The summed E-state index contributed by atoms with van der Waals surface area (Å²) in [5.41, 5.74) is 7.84. The molecule has 230 valence electrons. The molecular formula is C42H24F3NO2. The third-order valence-electron chi connectivity index (χ3n) is 8.88. The fourth-order valence-electron chi connectivity index (χ4n) is 6.74. The number of anilines is 3. The van der Waals surface area contributed by atoms with Crippen molar-refractivity contribution < 1.29 is 22.0 Å². The highest BCUT2D eigenvalue weighted by atomic mass is 19.1. The predicted molar refractivity (Wildman–Crippen MR) is 186 cm³/mol. The van der Waals surface area contributed by atoms with E-state index in [-0.39, 0.29) is 5.56 Å². The van der Waals surface area contributed by atoms with Gasteiger partial charge in [-0.1, -0.05) is 72.8 Å². The fourth-order valence-corrected chi connectivity index (χ4v) is 6.74. The quantitative estimate of drug-likeness (QED) is 0.189. The van der Waals surface area contributed by atoms with E-state index >= 15 is 0 Å². The van der Waals surface area contributed by atoms with Crippen LogP contribution in [0.5, 0.6) is 0 Å². The van der Waals surface area contributed by atoms with E-state index in [0.29, 0.717) is 17.7 Å². The van der Waals surface area contributed by atoms with Gasteiger partial charge in [0.2, 0.25) is 0 Å². The number of furan rings is 2. The molecule has 0 atom stereocenters. The van der Waals surface area contributed by atoms with E-state index in [0.717, 1.165) is 72.1 Å². The van der Waals surface area contributed by atoms with Gasteiger partial charge in [0.05, 0.1) is 10.9 Å². The van der Waals surface area contributed by atoms with Crippen LogP contribution in [0.2, 0.25) is 0 Å². The van der Waals surface area contributed by atoms with E-state index in [1.165, 1.54) is 0 Å². The van der Waals surface area contributed by atoms with Crippen molar-refractivity contribution >= 4 is 60.9 Å². The lowest BCUT2D eigenvalue weighted by molar-refractivity contribution is 0.548. The molecular weight excluding hydrogens is 607 g/mol. The van der Waals surface area contributed by atoms with E-state index in [4.69, 9.17) is 8.83 Å². The lowest BCUT2D eigenvalue weighted by Gasteiger charge is -2.26. The monoisotopic (exact) mass is 631 g/mol. The Bertz CT molecular complexity index is 2620. The van der Waals surface area contributed by atoms with Crippen molar-refractivity contribution in [2.75, 3.05) is 4.90 Å². The molecule has 9 aromatic rings. The molecule has 0 spiro atoms. The molecule has 0 amide bonds. The Morgan fingerprint density at radius 1 is 0.438 bits per heavy atom. The van der Waals surface area contributed by atoms with Crippen LogP contribution < -0.4 is 4.90 Å². The molecule has 0 unspecified atom stereocenters. The zero-order valence-corrected chi connectivity index (χ0v) is 25.3. The number of rotatable bonds is 5. The maximum absolute atomic E-state index is 14.6. The van der Waals surface area contributed by atoms with E-state index in [1.54, 1.807) is 24.3 Å². The summed E-state index contributed by atoms with van der Waals surface area (Å²) in [6, 6.07) is 44.5. The first-order valence-corrected chi connectivity index (χ1v) is 15.5. The van der Waals surface area contributed by atoms with Crippen LogP contribution in [0.3, 0.4) is 0 Å². The summed E-state index contributed by atoms with van der Waals surface area (Å²) in [4.78, 5) is 2.07. The van der Waals surface area contributed by atoms with Crippen LogP contribution in [-0.4, -0.2) is 0 Å². The van der Waals surface area contributed by atoms with E-state index in [1.807, 2.05) is 78.9 Å². The van der Waals surface area contributed by atoms with Gasteiger partial charge in [0.25, 0.3) is 0 Å². The molecule has 0 fully saturated rings. The van der Waals surface area contributed by atoms with Crippen molar-refractivity contribution in [3.05, 3.63) is 163 Å². The van der Waals surface area contributed by atoms with Crippen molar-refractivity contribution in [2.24, 2.45) is 0 Å². The Morgan fingerprint density at radius 2 is 1.04 bits per heavy atom. The summed E-state index contributed by atoms with van der Waals surface area (Å²) in [5.74, 6) is -2.85. The minimum absolute atomic E-state index is 0.264. The van der Waals surface area contributed by atoms with E-state index in [2.05, 4.69) is 35.2 Å². The Hall–Kier alpha value is -6.27. The molecule has 0 saturated heterocycles. The van der Waals surface area contributed by atoms with Gasteiger partial charge in [-0.25, -0.2) is 13.2 Å². The van der Waals surface area contributed by atoms with Crippen LogP contribution in [-0.2, 0) is 0 Å². The number of para-hydroxylation sites is 2. The average molecular weight is 632 g/mol. The smallest absolute Gasteiger partial charge is 0.147 e. The second-order valence-electron chi connectivity index (χ2n) is 11.7. The second kappa shape index (κ2) is 10.9. The van der Waals surface area contributed by atoms with Gasteiger partial charge in [-0.3, -0.25) is 0 Å². The van der Waals surface area contributed by atoms with Crippen molar-refractivity contribution in [1.29, 1.82) is 0 Å². The average Bonchev–Trinajstić information content (AvgIpc) is 3.68. The largest absolute Gasteiger partial charge is 0.456 e. The van der Waals surface area contributed by atoms with E-state index in [9.17, 15) is 13.2 Å². The predicted octanol–water partition coefficient (Wildman–Crippen LogP) is 12.7. The minimum Gasteiger partial charge on any atom is -0.456 e. The molecule has 3 nitrogen and oxygen atoms in total. The lowest BCUT2D eigenvalue weighted by Crippen LogP contribution is -2.09. The van der Waals surface area contributed by atoms with Crippen molar-refractivity contribution in [2.45, 2.75) is 0 Å². The second-order valence-corrected chi connectivity index (χ2v) is 11.7. The van der Waals surface area contributed by atoms with Gasteiger partial charge in [0.1, 0.15) is 39.8 Å². The maximum atomic E-state index is 14.6. The molecule has 6 heteroatoms. The summed E-state index contributed by atoms with van der Waals surface area (Å²) < 4.78 is 55.4. The van der Waals surface area contributed by atoms with E-state index < -0.39 is 17.5 Å². The SMILES string of the molecule is Fc1cc(F)c(-c2ccc(N(c3ccccc3)c3ccc(-c4cccc5oc6ccc7c8ccccc8oc7c6c45)cc3)cc2)c(F)c1. The zero-order chi connectivity index (χ0) is 32.4. The van der Waals surface area contributed by atoms with Crippen LogP contribution in [0.25, 0.3) is 66.1 Å². The normalized spacial score (nSPS) is 11.6. The van der Waals surface area contributed by atoms with Gasteiger partial charge in [-0.05, 0) is 77.4 Å².